The highest BCUT2D eigenvalue weighted by Crippen LogP contribution is 2.44. The molecule has 3 atom stereocenters. The van der Waals surface area contributed by atoms with E-state index in [0.29, 0.717) is 11.8 Å². The maximum absolute atomic E-state index is 10.9. The fourth-order valence-corrected chi connectivity index (χ4v) is 4.56. The number of ether oxygens (including phenoxy) is 1. The highest BCUT2D eigenvalue weighted by atomic mass is 16.5. The van der Waals surface area contributed by atoms with Gasteiger partial charge in [-0.3, -0.25) is 4.90 Å². The van der Waals surface area contributed by atoms with Crippen LogP contribution >= 0.6 is 0 Å². The summed E-state index contributed by atoms with van der Waals surface area (Å²) in [4.78, 5) is 2.50. The number of benzene rings is 1. The first-order valence-electron chi connectivity index (χ1n) is 9.31. The second-order valence-electron chi connectivity index (χ2n) is 7.29. The van der Waals surface area contributed by atoms with E-state index in [1.54, 1.807) is 0 Å². The molecule has 2 aliphatic rings. The summed E-state index contributed by atoms with van der Waals surface area (Å²) >= 11 is 0. The summed E-state index contributed by atoms with van der Waals surface area (Å²) in [5, 5.41) is 10.9. The summed E-state index contributed by atoms with van der Waals surface area (Å²) in [6, 6.07) is 8.32. The van der Waals surface area contributed by atoms with Crippen LogP contribution in [0, 0.1) is 11.8 Å². The monoisotopic (exact) mass is 317 g/mol. The predicted octanol–water partition coefficient (Wildman–Crippen LogP) is 3.50. The lowest BCUT2D eigenvalue weighted by Crippen LogP contribution is -2.44. The third-order valence-electron chi connectivity index (χ3n) is 6.02. The van der Waals surface area contributed by atoms with Gasteiger partial charge in [0.05, 0.1) is 5.60 Å². The lowest BCUT2D eigenvalue weighted by Gasteiger charge is -2.40. The molecule has 1 heterocycles. The number of aliphatic hydroxyl groups is 1. The number of para-hydroxylation sites is 1. The first-order chi connectivity index (χ1) is 11.2. The predicted molar refractivity (Wildman–Crippen MR) is 93.8 cm³/mol. The van der Waals surface area contributed by atoms with Gasteiger partial charge in [0.25, 0.3) is 0 Å². The SMILES string of the molecule is CCc1ccccc1OCCN1C[C@@H]2CCC[C@@](O)(CC)[C@@H]2C1. The van der Waals surface area contributed by atoms with Crippen LogP contribution < -0.4 is 4.74 Å². The third kappa shape index (κ3) is 3.56. The van der Waals surface area contributed by atoms with Gasteiger partial charge in [0.15, 0.2) is 0 Å². The molecule has 0 radical (unpaired) electrons. The first-order valence-corrected chi connectivity index (χ1v) is 9.31. The number of hydrogen-bond acceptors (Lipinski definition) is 3. The molecule has 3 nitrogen and oxygen atoms in total. The second kappa shape index (κ2) is 7.23. The summed E-state index contributed by atoms with van der Waals surface area (Å²) in [5.41, 5.74) is 0.857. The summed E-state index contributed by atoms with van der Waals surface area (Å²) in [6.07, 6.45) is 5.34. The van der Waals surface area contributed by atoms with Crippen molar-refractivity contribution in [2.24, 2.45) is 11.8 Å². The zero-order chi connectivity index (χ0) is 16.3. The lowest BCUT2D eigenvalue weighted by molar-refractivity contribution is -0.0613. The van der Waals surface area contributed by atoms with Crippen LogP contribution in [0.1, 0.15) is 45.1 Å². The Balaban J connectivity index is 1.52. The van der Waals surface area contributed by atoms with Crippen LogP contribution in [0.4, 0.5) is 0 Å². The molecule has 1 aromatic rings. The van der Waals surface area contributed by atoms with Crippen molar-refractivity contribution in [2.75, 3.05) is 26.2 Å². The average molecular weight is 317 g/mol. The van der Waals surface area contributed by atoms with Gasteiger partial charge in [-0.25, -0.2) is 0 Å². The number of aryl methyl sites for hydroxylation is 1. The molecule has 23 heavy (non-hydrogen) atoms. The van der Waals surface area contributed by atoms with Crippen molar-refractivity contribution in [1.82, 2.24) is 4.90 Å². The molecule has 3 heteroatoms. The molecule has 1 saturated heterocycles. The van der Waals surface area contributed by atoms with E-state index in [1.807, 2.05) is 6.07 Å². The van der Waals surface area contributed by atoms with Crippen molar-refractivity contribution in [2.45, 2.75) is 51.6 Å². The van der Waals surface area contributed by atoms with Crippen LogP contribution in [-0.2, 0) is 6.42 Å². The molecule has 128 valence electrons. The van der Waals surface area contributed by atoms with Gasteiger partial charge in [0.2, 0.25) is 0 Å². The fourth-order valence-electron chi connectivity index (χ4n) is 4.56. The molecular weight excluding hydrogens is 286 g/mol. The molecule has 1 aromatic carbocycles. The molecule has 0 aromatic heterocycles. The molecule has 2 fully saturated rings. The maximum atomic E-state index is 10.9. The van der Waals surface area contributed by atoms with Crippen molar-refractivity contribution in [3.63, 3.8) is 0 Å². The summed E-state index contributed by atoms with van der Waals surface area (Å²) in [5.74, 6) is 2.16. The number of likely N-dealkylation sites (tertiary alicyclic amines) is 1. The Kier molecular flexibility index (Phi) is 5.27. The van der Waals surface area contributed by atoms with Gasteiger partial charge in [0, 0.05) is 25.6 Å². The van der Waals surface area contributed by atoms with Gasteiger partial charge in [-0.05, 0) is 43.2 Å². The summed E-state index contributed by atoms with van der Waals surface area (Å²) in [7, 11) is 0. The number of hydrogen-bond donors (Lipinski definition) is 1. The summed E-state index contributed by atoms with van der Waals surface area (Å²) in [6.45, 7) is 8.17. The van der Waals surface area contributed by atoms with Gasteiger partial charge in [-0.2, -0.15) is 0 Å². The van der Waals surface area contributed by atoms with E-state index in [4.69, 9.17) is 4.74 Å². The van der Waals surface area contributed by atoms with E-state index in [1.165, 1.54) is 18.4 Å². The van der Waals surface area contributed by atoms with Crippen molar-refractivity contribution in [1.29, 1.82) is 0 Å². The average Bonchev–Trinajstić information content (AvgIpc) is 3.00. The number of fused-ring (bicyclic) bond motifs is 1. The Bertz CT molecular complexity index is 518. The minimum atomic E-state index is -0.423. The Hall–Kier alpha value is -1.06. The van der Waals surface area contributed by atoms with Crippen LogP contribution in [-0.4, -0.2) is 41.8 Å². The lowest BCUT2D eigenvalue weighted by atomic mass is 9.69. The van der Waals surface area contributed by atoms with Gasteiger partial charge < -0.3 is 9.84 Å². The Labute approximate surface area is 140 Å². The van der Waals surface area contributed by atoms with Gasteiger partial charge in [-0.1, -0.05) is 38.5 Å². The Morgan fingerprint density at radius 3 is 2.87 bits per heavy atom. The highest BCUT2D eigenvalue weighted by molar-refractivity contribution is 5.33. The minimum absolute atomic E-state index is 0.423. The second-order valence-corrected chi connectivity index (χ2v) is 7.29. The van der Waals surface area contributed by atoms with Crippen molar-refractivity contribution in [3.8, 4) is 5.75 Å². The zero-order valence-electron chi connectivity index (χ0n) is 14.6. The molecule has 0 bridgehead atoms. The Morgan fingerprint density at radius 2 is 2.09 bits per heavy atom. The molecule has 0 amide bonds. The largest absolute Gasteiger partial charge is 0.492 e. The topological polar surface area (TPSA) is 32.7 Å². The first kappa shape index (κ1) is 16.8. The van der Waals surface area contributed by atoms with E-state index in [2.05, 4.69) is 36.9 Å². The van der Waals surface area contributed by atoms with Crippen molar-refractivity contribution >= 4 is 0 Å². The van der Waals surface area contributed by atoms with Crippen LogP contribution in [0.25, 0.3) is 0 Å². The molecule has 0 spiro atoms. The molecule has 1 aliphatic heterocycles. The van der Waals surface area contributed by atoms with Crippen molar-refractivity contribution < 1.29 is 9.84 Å². The Morgan fingerprint density at radius 1 is 1.26 bits per heavy atom. The molecular formula is C20H31NO2. The van der Waals surface area contributed by atoms with Crippen molar-refractivity contribution in [3.05, 3.63) is 29.8 Å². The van der Waals surface area contributed by atoms with Crippen LogP contribution in [0.2, 0.25) is 0 Å². The fraction of sp³-hybridized carbons (Fsp3) is 0.700. The highest BCUT2D eigenvalue weighted by Gasteiger charge is 2.47. The smallest absolute Gasteiger partial charge is 0.122 e. The maximum Gasteiger partial charge on any atom is 0.122 e. The third-order valence-corrected chi connectivity index (χ3v) is 6.02. The van der Waals surface area contributed by atoms with Gasteiger partial charge >= 0.3 is 0 Å². The van der Waals surface area contributed by atoms with E-state index in [-0.39, 0.29) is 0 Å². The van der Waals surface area contributed by atoms with Crippen LogP contribution in [0.5, 0.6) is 5.75 Å². The zero-order valence-corrected chi connectivity index (χ0v) is 14.6. The van der Waals surface area contributed by atoms with E-state index >= 15 is 0 Å². The molecule has 3 rings (SSSR count). The normalized spacial score (nSPS) is 31.1. The van der Waals surface area contributed by atoms with Crippen LogP contribution in [0.15, 0.2) is 24.3 Å². The molecule has 1 N–H and O–H groups in total. The summed E-state index contributed by atoms with van der Waals surface area (Å²) < 4.78 is 6.02. The van der Waals surface area contributed by atoms with E-state index < -0.39 is 5.60 Å². The molecule has 1 aliphatic carbocycles. The molecule has 0 unspecified atom stereocenters. The minimum Gasteiger partial charge on any atom is -0.492 e. The van der Waals surface area contributed by atoms with Crippen LogP contribution in [0.3, 0.4) is 0 Å². The number of rotatable bonds is 6. The number of nitrogens with zero attached hydrogens (tertiary/aromatic N) is 1. The van der Waals surface area contributed by atoms with Gasteiger partial charge in [-0.15, -0.1) is 0 Å². The standard InChI is InChI=1S/C20H31NO2/c1-3-16-8-5-6-10-19(16)23-13-12-21-14-17-9-7-11-20(22,4-2)18(17)15-21/h5-6,8,10,17-18,22H,3-4,7,9,11-15H2,1-2H3/t17-,18+,20-/m0/s1. The van der Waals surface area contributed by atoms with E-state index in [9.17, 15) is 5.11 Å². The van der Waals surface area contributed by atoms with E-state index in [0.717, 1.165) is 51.3 Å². The quantitative estimate of drug-likeness (QED) is 0.871. The van der Waals surface area contributed by atoms with Gasteiger partial charge in [0.1, 0.15) is 12.4 Å². The molecule has 1 saturated carbocycles.